The average molecular weight is 127 g/mol. The van der Waals surface area contributed by atoms with Crippen LogP contribution in [0.15, 0.2) is 12.2 Å². The van der Waals surface area contributed by atoms with Crippen molar-refractivity contribution in [3.8, 4) is 0 Å². The molecule has 1 unspecified atom stereocenters. The van der Waals surface area contributed by atoms with E-state index in [0.717, 1.165) is 11.7 Å². The van der Waals surface area contributed by atoms with Crippen LogP contribution in [0.3, 0.4) is 0 Å². The third-order valence-electron chi connectivity index (χ3n) is 1.57. The van der Waals surface area contributed by atoms with Crippen LogP contribution in [0, 0.1) is 5.92 Å². The maximum absolute atomic E-state index is 4.92. The van der Waals surface area contributed by atoms with E-state index in [1.165, 1.54) is 19.3 Å². The van der Waals surface area contributed by atoms with Gasteiger partial charge in [-0.05, 0) is 25.2 Å². The van der Waals surface area contributed by atoms with Crippen molar-refractivity contribution in [3.05, 3.63) is 12.2 Å². The van der Waals surface area contributed by atoms with E-state index < -0.39 is 0 Å². The molecule has 1 atom stereocenters. The molecule has 0 bridgehead atoms. The van der Waals surface area contributed by atoms with Gasteiger partial charge in [-0.2, -0.15) is 0 Å². The molecule has 0 aromatic heterocycles. The first kappa shape index (κ1) is 6.21. The Bertz CT molecular complexity index is 86.4. The van der Waals surface area contributed by atoms with Crippen molar-refractivity contribution in [1.82, 2.24) is 0 Å². The molecule has 0 saturated carbocycles. The molecule has 0 nitrogen and oxygen atoms in total. The normalized spacial score (nSPS) is 28.4. The van der Waals surface area contributed by atoms with E-state index in [9.17, 15) is 0 Å². The van der Waals surface area contributed by atoms with Crippen molar-refractivity contribution >= 4 is 12.6 Å². The van der Waals surface area contributed by atoms with Crippen molar-refractivity contribution in [3.63, 3.8) is 0 Å². The minimum atomic E-state index is 0.721. The molecule has 1 radical (unpaired) electrons. The summed E-state index contributed by atoms with van der Waals surface area (Å²) >= 11 is 4.92. The minimum Gasteiger partial charge on any atom is -0.0935 e. The lowest BCUT2D eigenvalue weighted by Gasteiger charge is -2.11. The molecule has 0 aromatic rings. The number of rotatable bonds is 1. The molecule has 0 saturated heterocycles. The molecule has 0 heterocycles. The number of hydrogen-bond acceptors (Lipinski definition) is 0. The van der Waals surface area contributed by atoms with Gasteiger partial charge in [-0.3, -0.25) is 0 Å². The summed E-state index contributed by atoms with van der Waals surface area (Å²) in [4.78, 5) is 0. The highest BCUT2D eigenvalue weighted by Crippen LogP contribution is 2.17. The van der Waals surface area contributed by atoms with Gasteiger partial charge in [0.1, 0.15) is 0 Å². The Morgan fingerprint density at radius 2 is 2.50 bits per heavy atom. The van der Waals surface area contributed by atoms with E-state index in [0.29, 0.717) is 0 Å². The second-order valence-corrected chi connectivity index (χ2v) is 2.62. The quantitative estimate of drug-likeness (QED) is 0.475. The first-order valence-electron chi connectivity index (χ1n) is 3.18. The summed E-state index contributed by atoms with van der Waals surface area (Å²) in [5.74, 6) is 1.63. The first-order chi connectivity index (χ1) is 3.93. The van der Waals surface area contributed by atoms with Crippen molar-refractivity contribution in [2.24, 2.45) is 5.92 Å². The van der Waals surface area contributed by atoms with Gasteiger partial charge in [0.05, 0.1) is 0 Å². The maximum atomic E-state index is 4.92. The van der Waals surface area contributed by atoms with Gasteiger partial charge in [0.25, 0.3) is 0 Å². The summed E-state index contributed by atoms with van der Waals surface area (Å²) in [5.41, 5.74) is 0. The van der Waals surface area contributed by atoms with Gasteiger partial charge in [-0.25, -0.2) is 0 Å². The van der Waals surface area contributed by atoms with Crippen LogP contribution in [0.25, 0.3) is 0 Å². The molecular formula is C7H11S. The summed E-state index contributed by atoms with van der Waals surface area (Å²) in [6.07, 6.45) is 8.45. The predicted molar refractivity (Wildman–Crippen MR) is 38.9 cm³/mol. The van der Waals surface area contributed by atoms with Crippen LogP contribution in [0.5, 0.6) is 0 Å². The fourth-order valence-electron chi connectivity index (χ4n) is 1.02. The smallest absolute Gasteiger partial charge is 0.00999 e. The second kappa shape index (κ2) is 3.18. The zero-order chi connectivity index (χ0) is 5.82. The minimum absolute atomic E-state index is 0.721. The summed E-state index contributed by atoms with van der Waals surface area (Å²) in [7, 11) is 0. The third kappa shape index (κ3) is 1.55. The zero-order valence-electron chi connectivity index (χ0n) is 4.97. The molecule has 1 rings (SSSR count). The summed E-state index contributed by atoms with van der Waals surface area (Å²) in [6, 6.07) is 0. The molecule has 0 amide bonds. The third-order valence-corrected chi connectivity index (χ3v) is 2.00. The van der Waals surface area contributed by atoms with Gasteiger partial charge in [-0.1, -0.05) is 24.8 Å². The lowest BCUT2D eigenvalue weighted by Crippen LogP contribution is -2.00. The summed E-state index contributed by atoms with van der Waals surface area (Å²) in [6.45, 7) is 0. The van der Waals surface area contributed by atoms with E-state index in [2.05, 4.69) is 12.2 Å². The highest BCUT2D eigenvalue weighted by Gasteiger charge is 2.04. The van der Waals surface area contributed by atoms with Crippen molar-refractivity contribution < 1.29 is 0 Å². The van der Waals surface area contributed by atoms with Crippen LogP contribution in [-0.2, 0) is 0 Å². The Labute approximate surface area is 56.4 Å². The summed E-state index contributed by atoms with van der Waals surface area (Å²) in [5, 5.41) is 0. The number of hydrogen-bond donors (Lipinski definition) is 0. The standard InChI is InChI=1S/C7H11S/c8-6-7-4-2-1-3-5-7/h2,4,7H,1,3,5-6H2. The monoisotopic (exact) mass is 127 g/mol. The van der Waals surface area contributed by atoms with Crippen molar-refractivity contribution in [2.45, 2.75) is 19.3 Å². The lowest BCUT2D eigenvalue weighted by atomic mass is 9.98. The highest BCUT2D eigenvalue weighted by molar-refractivity contribution is 7.80. The van der Waals surface area contributed by atoms with Crippen molar-refractivity contribution in [2.75, 3.05) is 5.75 Å². The van der Waals surface area contributed by atoms with E-state index in [1.54, 1.807) is 0 Å². The van der Waals surface area contributed by atoms with Crippen LogP contribution in [0.4, 0.5) is 0 Å². The molecule has 0 aliphatic heterocycles. The Morgan fingerprint density at radius 1 is 1.62 bits per heavy atom. The molecule has 1 heteroatoms. The first-order valence-corrected chi connectivity index (χ1v) is 3.76. The number of allylic oxidation sites excluding steroid dienone is 2. The lowest BCUT2D eigenvalue weighted by molar-refractivity contribution is 0.593. The second-order valence-electron chi connectivity index (χ2n) is 2.29. The summed E-state index contributed by atoms with van der Waals surface area (Å²) < 4.78 is 0. The van der Waals surface area contributed by atoms with Crippen LogP contribution in [0.2, 0.25) is 0 Å². The van der Waals surface area contributed by atoms with Gasteiger partial charge in [0.15, 0.2) is 0 Å². The highest BCUT2D eigenvalue weighted by atomic mass is 32.1. The molecule has 0 spiro atoms. The molecule has 45 valence electrons. The van der Waals surface area contributed by atoms with E-state index in [1.807, 2.05) is 0 Å². The van der Waals surface area contributed by atoms with E-state index in [4.69, 9.17) is 12.6 Å². The van der Waals surface area contributed by atoms with Crippen molar-refractivity contribution in [1.29, 1.82) is 0 Å². The molecule has 0 N–H and O–H groups in total. The van der Waals surface area contributed by atoms with Gasteiger partial charge >= 0.3 is 0 Å². The van der Waals surface area contributed by atoms with Gasteiger partial charge < -0.3 is 0 Å². The van der Waals surface area contributed by atoms with E-state index in [-0.39, 0.29) is 0 Å². The largest absolute Gasteiger partial charge is 0.0935 e. The Balaban J connectivity index is 2.32. The van der Waals surface area contributed by atoms with Gasteiger partial charge in [0.2, 0.25) is 0 Å². The molecule has 8 heavy (non-hydrogen) atoms. The molecule has 1 aliphatic rings. The van der Waals surface area contributed by atoms with Crippen LogP contribution in [-0.4, -0.2) is 5.75 Å². The fourth-order valence-corrected chi connectivity index (χ4v) is 1.30. The Morgan fingerprint density at radius 3 is 2.88 bits per heavy atom. The molecule has 1 aliphatic carbocycles. The fraction of sp³-hybridized carbons (Fsp3) is 0.714. The SMILES string of the molecule is [S]CC1C=CCCC1. The topological polar surface area (TPSA) is 0 Å². The van der Waals surface area contributed by atoms with Crippen LogP contribution in [0.1, 0.15) is 19.3 Å². The molecule has 0 aromatic carbocycles. The van der Waals surface area contributed by atoms with Crippen LogP contribution < -0.4 is 0 Å². The van der Waals surface area contributed by atoms with E-state index >= 15 is 0 Å². The average Bonchev–Trinajstić information content (AvgIpc) is 1.90. The van der Waals surface area contributed by atoms with Gasteiger partial charge in [-0.15, -0.1) is 0 Å². The zero-order valence-corrected chi connectivity index (χ0v) is 5.79. The Hall–Kier alpha value is 0.0900. The Kier molecular flexibility index (Phi) is 2.47. The van der Waals surface area contributed by atoms with Gasteiger partial charge in [0, 0.05) is 5.75 Å². The molecular weight excluding hydrogens is 116 g/mol. The molecule has 0 fully saturated rings. The predicted octanol–water partition coefficient (Wildman–Crippen LogP) is 2.54. The van der Waals surface area contributed by atoms with Crippen LogP contribution >= 0.6 is 12.6 Å². The maximum Gasteiger partial charge on any atom is 0.00999 e.